The number of nitrogens with zero attached hydrogens (tertiary/aromatic N) is 2. The molecule has 0 radical (unpaired) electrons. The number of piperazine rings is 1. The molecule has 0 aromatic heterocycles. The maximum atomic E-state index is 5.66. The van der Waals surface area contributed by atoms with Crippen LogP contribution in [0.25, 0.3) is 0 Å². The van der Waals surface area contributed by atoms with Gasteiger partial charge in [-0.3, -0.25) is 4.90 Å². The molecule has 1 saturated carbocycles. The molecule has 4 heteroatoms. The largest absolute Gasteiger partial charge is 0.368 e. The molecule has 3 rings (SSSR count). The minimum absolute atomic E-state index is 0.605. The molecule has 1 saturated heterocycles. The van der Waals surface area contributed by atoms with E-state index in [4.69, 9.17) is 5.73 Å². The molecule has 98 valence electrons. The smallest absolute Gasteiger partial charge is 0.0511 e. The molecule has 1 aliphatic heterocycles. The molecule has 0 spiro atoms. The number of anilines is 1. The lowest BCUT2D eigenvalue weighted by molar-refractivity contribution is 0.248. The Morgan fingerprint density at radius 3 is 2.44 bits per heavy atom. The maximum Gasteiger partial charge on any atom is 0.0511 e. The van der Waals surface area contributed by atoms with Gasteiger partial charge in [0.15, 0.2) is 0 Å². The van der Waals surface area contributed by atoms with Crippen LogP contribution in [-0.2, 0) is 6.54 Å². The van der Waals surface area contributed by atoms with Gasteiger partial charge >= 0.3 is 0 Å². The summed E-state index contributed by atoms with van der Waals surface area (Å²) < 4.78 is 1.17. The van der Waals surface area contributed by atoms with Crippen LogP contribution in [0.1, 0.15) is 18.4 Å². The van der Waals surface area contributed by atoms with Gasteiger partial charge < -0.3 is 10.6 Å². The Bertz CT molecular complexity index is 423. The second kappa shape index (κ2) is 5.19. The van der Waals surface area contributed by atoms with E-state index in [-0.39, 0.29) is 0 Å². The molecule has 1 aliphatic carbocycles. The highest BCUT2D eigenvalue weighted by Crippen LogP contribution is 2.31. The van der Waals surface area contributed by atoms with Crippen LogP contribution in [0.3, 0.4) is 0 Å². The molecule has 0 amide bonds. The van der Waals surface area contributed by atoms with Gasteiger partial charge in [-0.1, -0.05) is 6.07 Å². The van der Waals surface area contributed by atoms with Crippen molar-refractivity contribution in [3.63, 3.8) is 0 Å². The topological polar surface area (TPSA) is 32.5 Å². The average Bonchev–Trinajstić information content (AvgIpc) is 3.23. The first-order valence-electron chi connectivity index (χ1n) is 6.75. The Labute approximate surface area is 117 Å². The fourth-order valence-electron chi connectivity index (χ4n) is 2.70. The third-order valence-corrected chi connectivity index (χ3v) is 4.60. The van der Waals surface area contributed by atoms with Crippen molar-refractivity contribution in [2.75, 3.05) is 31.1 Å². The second-order valence-electron chi connectivity index (χ2n) is 5.24. The summed E-state index contributed by atoms with van der Waals surface area (Å²) in [4.78, 5) is 5.11. The summed E-state index contributed by atoms with van der Waals surface area (Å²) in [5, 5.41) is 0. The Balaban J connectivity index is 1.68. The van der Waals surface area contributed by atoms with Crippen molar-refractivity contribution in [3.8, 4) is 0 Å². The van der Waals surface area contributed by atoms with E-state index in [9.17, 15) is 0 Å². The number of hydrogen-bond acceptors (Lipinski definition) is 3. The van der Waals surface area contributed by atoms with Crippen LogP contribution in [0, 0.1) is 0 Å². The standard InChI is InChI=1S/C14H20BrN3/c15-13-9-11(10-16)1-4-14(13)18-7-5-17(6-8-18)12-2-3-12/h1,4,9,12H,2-3,5-8,10,16H2. The van der Waals surface area contributed by atoms with E-state index in [1.807, 2.05) is 0 Å². The Morgan fingerprint density at radius 1 is 1.17 bits per heavy atom. The molecular weight excluding hydrogens is 290 g/mol. The van der Waals surface area contributed by atoms with Gasteiger partial charge in [0.05, 0.1) is 5.69 Å². The van der Waals surface area contributed by atoms with Crippen LogP contribution in [0.2, 0.25) is 0 Å². The lowest BCUT2D eigenvalue weighted by atomic mass is 10.2. The van der Waals surface area contributed by atoms with E-state index >= 15 is 0 Å². The molecule has 1 heterocycles. The minimum Gasteiger partial charge on any atom is -0.368 e. The van der Waals surface area contributed by atoms with Crippen molar-refractivity contribution < 1.29 is 0 Å². The summed E-state index contributed by atoms with van der Waals surface area (Å²) >= 11 is 3.67. The van der Waals surface area contributed by atoms with E-state index in [2.05, 4.69) is 43.9 Å². The van der Waals surface area contributed by atoms with Gasteiger partial charge in [0.25, 0.3) is 0 Å². The number of halogens is 1. The van der Waals surface area contributed by atoms with Crippen LogP contribution in [-0.4, -0.2) is 37.1 Å². The van der Waals surface area contributed by atoms with Crippen molar-refractivity contribution in [2.45, 2.75) is 25.4 Å². The van der Waals surface area contributed by atoms with Gasteiger partial charge in [-0.15, -0.1) is 0 Å². The zero-order valence-electron chi connectivity index (χ0n) is 10.6. The lowest BCUT2D eigenvalue weighted by Crippen LogP contribution is -2.47. The first-order chi connectivity index (χ1) is 8.78. The minimum atomic E-state index is 0.605. The van der Waals surface area contributed by atoms with Crippen molar-refractivity contribution >= 4 is 21.6 Å². The number of nitrogens with two attached hydrogens (primary N) is 1. The predicted octanol–water partition coefficient (Wildman–Crippen LogP) is 2.19. The molecular formula is C14H20BrN3. The number of benzene rings is 1. The highest BCUT2D eigenvalue weighted by molar-refractivity contribution is 9.10. The Hall–Kier alpha value is -0.580. The van der Waals surface area contributed by atoms with Crippen molar-refractivity contribution in [1.29, 1.82) is 0 Å². The summed E-state index contributed by atoms with van der Waals surface area (Å²) in [6.07, 6.45) is 2.82. The SMILES string of the molecule is NCc1ccc(N2CCN(C3CC3)CC2)c(Br)c1. The van der Waals surface area contributed by atoms with E-state index in [1.54, 1.807) is 0 Å². The van der Waals surface area contributed by atoms with Crippen molar-refractivity contribution in [2.24, 2.45) is 5.73 Å². The monoisotopic (exact) mass is 309 g/mol. The molecule has 0 bridgehead atoms. The van der Waals surface area contributed by atoms with Crippen molar-refractivity contribution in [1.82, 2.24) is 4.90 Å². The predicted molar refractivity (Wildman–Crippen MR) is 78.8 cm³/mol. The van der Waals surface area contributed by atoms with Gasteiger partial charge in [0.2, 0.25) is 0 Å². The molecule has 18 heavy (non-hydrogen) atoms. The van der Waals surface area contributed by atoms with Gasteiger partial charge in [-0.05, 0) is 46.5 Å². The zero-order valence-corrected chi connectivity index (χ0v) is 12.2. The first-order valence-corrected chi connectivity index (χ1v) is 7.55. The molecule has 1 aromatic carbocycles. The van der Waals surface area contributed by atoms with E-state index in [1.165, 1.54) is 41.7 Å². The van der Waals surface area contributed by atoms with Gasteiger partial charge in [0.1, 0.15) is 0 Å². The Kier molecular flexibility index (Phi) is 3.59. The first kappa shape index (κ1) is 12.5. The maximum absolute atomic E-state index is 5.66. The second-order valence-corrected chi connectivity index (χ2v) is 6.10. The Morgan fingerprint density at radius 2 is 1.89 bits per heavy atom. The van der Waals surface area contributed by atoms with E-state index < -0.39 is 0 Å². The van der Waals surface area contributed by atoms with E-state index in [0.717, 1.165) is 19.1 Å². The van der Waals surface area contributed by atoms with Gasteiger partial charge in [-0.2, -0.15) is 0 Å². The molecule has 0 atom stereocenters. The molecule has 2 N–H and O–H groups in total. The van der Waals surface area contributed by atoms with Gasteiger partial charge in [-0.25, -0.2) is 0 Å². The third-order valence-electron chi connectivity index (χ3n) is 3.97. The molecule has 1 aromatic rings. The quantitative estimate of drug-likeness (QED) is 0.929. The van der Waals surface area contributed by atoms with Crippen LogP contribution in [0.4, 0.5) is 5.69 Å². The number of rotatable bonds is 3. The highest BCUT2D eigenvalue weighted by atomic mass is 79.9. The molecule has 2 fully saturated rings. The summed E-state index contributed by atoms with van der Waals surface area (Å²) in [5.41, 5.74) is 8.16. The number of hydrogen-bond donors (Lipinski definition) is 1. The summed E-state index contributed by atoms with van der Waals surface area (Å²) in [5.74, 6) is 0. The van der Waals surface area contributed by atoms with Crippen molar-refractivity contribution in [3.05, 3.63) is 28.2 Å². The normalized spacial score (nSPS) is 21.3. The zero-order chi connectivity index (χ0) is 12.5. The molecule has 3 nitrogen and oxygen atoms in total. The summed E-state index contributed by atoms with van der Waals surface area (Å²) in [6.45, 7) is 5.29. The van der Waals surface area contributed by atoms with Crippen LogP contribution in [0.15, 0.2) is 22.7 Å². The van der Waals surface area contributed by atoms with Crippen LogP contribution < -0.4 is 10.6 Å². The van der Waals surface area contributed by atoms with Crippen LogP contribution in [0.5, 0.6) is 0 Å². The summed E-state index contributed by atoms with van der Waals surface area (Å²) in [6, 6.07) is 7.37. The lowest BCUT2D eigenvalue weighted by Gasteiger charge is -2.36. The third kappa shape index (κ3) is 2.56. The van der Waals surface area contributed by atoms with Gasteiger partial charge in [0, 0.05) is 43.2 Å². The van der Waals surface area contributed by atoms with E-state index in [0.29, 0.717) is 6.54 Å². The molecule has 0 unspecified atom stereocenters. The fourth-order valence-corrected chi connectivity index (χ4v) is 3.38. The average molecular weight is 310 g/mol. The van der Waals surface area contributed by atoms with Crippen LogP contribution >= 0.6 is 15.9 Å². The highest BCUT2D eigenvalue weighted by Gasteiger charge is 2.31. The fraction of sp³-hybridized carbons (Fsp3) is 0.571. The molecule has 2 aliphatic rings. The summed E-state index contributed by atoms with van der Waals surface area (Å²) in [7, 11) is 0.